The minimum Gasteiger partial charge on any atom is -0.466 e. The second kappa shape index (κ2) is 73.0. The SMILES string of the molecule is CCCCC/C=C\C/C=C\CCCCCCCCCC(=O)OCCCCCCCCCCCCCCCCC/C=C\C/C=C\CCCCCCCCCCCCCCCCCCCC(=O)NC(CO)C(O)/C=C/CCCCCCCCCCC. The van der Waals surface area contributed by atoms with Gasteiger partial charge in [0.15, 0.2) is 0 Å². The van der Waals surface area contributed by atoms with E-state index in [4.69, 9.17) is 4.74 Å². The van der Waals surface area contributed by atoms with Gasteiger partial charge < -0.3 is 20.3 Å². The van der Waals surface area contributed by atoms with Crippen LogP contribution in [0, 0.1) is 0 Å². The summed E-state index contributed by atoms with van der Waals surface area (Å²) in [4.78, 5) is 24.5. The Balaban J connectivity index is 3.35. The van der Waals surface area contributed by atoms with Gasteiger partial charge in [-0.3, -0.25) is 9.59 Å². The van der Waals surface area contributed by atoms with Gasteiger partial charge in [0.2, 0.25) is 5.91 Å². The number of hydrogen-bond acceptors (Lipinski definition) is 5. The summed E-state index contributed by atoms with van der Waals surface area (Å²) in [7, 11) is 0. The average Bonchev–Trinajstić information content (AvgIpc) is 3.53. The molecule has 0 saturated heterocycles. The molecule has 0 saturated carbocycles. The van der Waals surface area contributed by atoms with Crippen molar-refractivity contribution in [3.8, 4) is 0 Å². The van der Waals surface area contributed by atoms with Crippen molar-refractivity contribution in [2.24, 2.45) is 0 Å². The van der Waals surface area contributed by atoms with Crippen molar-refractivity contribution in [2.75, 3.05) is 13.2 Å². The molecule has 1 amide bonds. The molecule has 0 aromatic carbocycles. The molecule has 0 heterocycles. The molecule has 6 heteroatoms. The number of esters is 1. The van der Waals surface area contributed by atoms with Gasteiger partial charge in [0.05, 0.1) is 25.4 Å². The zero-order valence-corrected chi connectivity index (χ0v) is 56.4. The third kappa shape index (κ3) is 68.7. The lowest BCUT2D eigenvalue weighted by molar-refractivity contribution is -0.143. The van der Waals surface area contributed by atoms with E-state index in [2.05, 4.69) is 67.8 Å². The van der Waals surface area contributed by atoms with Crippen LogP contribution in [0.15, 0.2) is 60.8 Å². The van der Waals surface area contributed by atoms with E-state index >= 15 is 0 Å². The molecule has 0 bridgehead atoms. The van der Waals surface area contributed by atoms with E-state index in [1.807, 2.05) is 6.08 Å². The number of nitrogens with one attached hydrogen (secondary N) is 1. The van der Waals surface area contributed by atoms with E-state index in [0.29, 0.717) is 19.4 Å². The standard InChI is InChI=1S/C78H145NO5/c1-3-5-7-9-11-13-15-16-17-41-45-48-52-56-60-64-68-72-78(83)84-73-69-65-61-57-53-49-46-43-40-38-36-34-32-30-28-26-24-22-20-18-19-21-23-25-27-29-31-33-35-37-39-42-44-47-51-55-59-63-67-71-77(82)79-75(74-80)76(81)70-66-62-58-54-50-14-12-10-8-6-4-2/h11,13,16-19,22,24,66,70,75-76,80-81H,3-10,12,14-15,20-21,23,25-65,67-69,71-74H2,1-2H3,(H,79,82)/b13-11-,17-16-,19-18-,24-22-,70-66+. The summed E-state index contributed by atoms with van der Waals surface area (Å²) >= 11 is 0. The van der Waals surface area contributed by atoms with Crippen LogP contribution in [-0.2, 0) is 14.3 Å². The molecule has 0 aliphatic carbocycles. The van der Waals surface area contributed by atoms with Gasteiger partial charge in [-0.2, -0.15) is 0 Å². The van der Waals surface area contributed by atoms with Gasteiger partial charge in [0.25, 0.3) is 0 Å². The van der Waals surface area contributed by atoms with Crippen LogP contribution < -0.4 is 5.32 Å². The highest BCUT2D eigenvalue weighted by atomic mass is 16.5. The van der Waals surface area contributed by atoms with Crippen molar-refractivity contribution in [3.63, 3.8) is 0 Å². The topological polar surface area (TPSA) is 95.9 Å². The minimum atomic E-state index is -0.841. The normalized spacial score (nSPS) is 12.9. The Labute approximate surface area is 524 Å². The predicted octanol–water partition coefficient (Wildman–Crippen LogP) is 24.6. The van der Waals surface area contributed by atoms with E-state index in [1.54, 1.807) is 6.08 Å². The number of amides is 1. The average molecular weight is 1180 g/mol. The molecule has 492 valence electrons. The number of unbranched alkanes of at least 4 members (excludes halogenated alkanes) is 51. The van der Waals surface area contributed by atoms with E-state index < -0.39 is 12.1 Å². The lowest BCUT2D eigenvalue weighted by Gasteiger charge is -2.20. The molecule has 3 N–H and O–H groups in total. The third-order valence-electron chi connectivity index (χ3n) is 17.3. The summed E-state index contributed by atoms with van der Waals surface area (Å²) in [5.74, 6) is -0.0529. The van der Waals surface area contributed by atoms with Gasteiger partial charge in [-0.05, 0) is 96.3 Å². The zero-order valence-electron chi connectivity index (χ0n) is 56.4. The smallest absolute Gasteiger partial charge is 0.305 e. The molecule has 2 unspecified atom stereocenters. The highest BCUT2D eigenvalue weighted by Crippen LogP contribution is 2.18. The number of allylic oxidation sites excluding steroid dienone is 9. The van der Waals surface area contributed by atoms with Crippen LogP contribution in [0.1, 0.15) is 399 Å². The first-order valence-electron chi connectivity index (χ1n) is 37.6. The van der Waals surface area contributed by atoms with Crippen LogP contribution in [0.25, 0.3) is 0 Å². The van der Waals surface area contributed by atoms with E-state index in [1.165, 1.54) is 315 Å². The fraction of sp³-hybridized carbons (Fsp3) is 0.846. The molecular formula is C78H145NO5. The van der Waals surface area contributed by atoms with Crippen LogP contribution in [0.5, 0.6) is 0 Å². The number of carbonyl (C=O) groups is 2. The van der Waals surface area contributed by atoms with Gasteiger partial charge in [-0.25, -0.2) is 0 Å². The van der Waals surface area contributed by atoms with Gasteiger partial charge in [-0.1, -0.05) is 351 Å². The highest BCUT2D eigenvalue weighted by molar-refractivity contribution is 5.76. The van der Waals surface area contributed by atoms with E-state index in [-0.39, 0.29) is 18.5 Å². The Morgan fingerprint density at radius 3 is 0.929 bits per heavy atom. The first-order valence-corrected chi connectivity index (χ1v) is 37.6. The number of hydrogen-bond donors (Lipinski definition) is 3. The summed E-state index contributed by atoms with van der Waals surface area (Å²) in [5.41, 5.74) is 0. The van der Waals surface area contributed by atoms with Crippen molar-refractivity contribution in [2.45, 2.75) is 411 Å². The van der Waals surface area contributed by atoms with Gasteiger partial charge in [0, 0.05) is 12.8 Å². The molecule has 0 fully saturated rings. The highest BCUT2D eigenvalue weighted by Gasteiger charge is 2.18. The second-order valence-electron chi connectivity index (χ2n) is 25.6. The van der Waals surface area contributed by atoms with Crippen LogP contribution in [-0.4, -0.2) is 47.4 Å². The molecule has 2 atom stereocenters. The van der Waals surface area contributed by atoms with E-state index in [0.717, 1.165) is 57.8 Å². The third-order valence-corrected chi connectivity index (χ3v) is 17.3. The van der Waals surface area contributed by atoms with Crippen LogP contribution >= 0.6 is 0 Å². The summed E-state index contributed by atoms with van der Waals surface area (Å²) in [6.45, 7) is 4.88. The summed E-state index contributed by atoms with van der Waals surface area (Å²) in [6, 6.07) is -0.625. The van der Waals surface area contributed by atoms with Crippen LogP contribution in [0.3, 0.4) is 0 Å². The first kappa shape index (κ1) is 81.6. The van der Waals surface area contributed by atoms with E-state index in [9.17, 15) is 19.8 Å². The molecule has 0 radical (unpaired) electrons. The molecule has 0 rings (SSSR count). The number of rotatable bonds is 70. The van der Waals surface area contributed by atoms with Gasteiger partial charge in [0.1, 0.15) is 0 Å². The molecule has 0 aliphatic heterocycles. The summed E-state index contributed by atoms with van der Waals surface area (Å²) in [5, 5.41) is 23.1. The lowest BCUT2D eigenvalue weighted by Crippen LogP contribution is -2.45. The lowest BCUT2D eigenvalue weighted by atomic mass is 10.0. The van der Waals surface area contributed by atoms with Gasteiger partial charge >= 0.3 is 5.97 Å². The van der Waals surface area contributed by atoms with Crippen LogP contribution in [0.4, 0.5) is 0 Å². The fourth-order valence-corrected chi connectivity index (χ4v) is 11.5. The maximum absolute atomic E-state index is 12.4. The van der Waals surface area contributed by atoms with Crippen molar-refractivity contribution in [3.05, 3.63) is 60.8 Å². The largest absolute Gasteiger partial charge is 0.466 e. The van der Waals surface area contributed by atoms with Crippen molar-refractivity contribution in [1.82, 2.24) is 5.32 Å². The number of aliphatic hydroxyl groups excluding tert-OH is 2. The van der Waals surface area contributed by atoms with Crippen molar-refractivity contribution < 1.29 is 24.5 Å². The van der Waals surface area contributed by atoms with Crippen molar-refractivity contribution in [1.29, 1.82) is 0 Å². The van der Waals surface area contributed by atoms with Crippen molar-refractivity contribution >= 4 is 11.9 Å². The number of aliphatic hydroxyl groups is 2. The quantitative estimate of drug-likeness (QED) is 0.0320. The summed E-state index contributed by atoms with van der Waals surface area (Å²) in [6.07, 6.45) is 97.7. The van der Waals surface area contributed by atoms with Crippen LogP contribution in [0.2, 0.25) is 0 Å². The zero-order chi connectivity index (χ0) is 60.6. The second-order valence-corrected chi connectivity index (χ2v) is 25.6. The Hall–Kier alpha value is -2.44. The predicted molar refractivity (Wildman–Crippen MR) is 370 cm³/mol. The Morgan fingerprint density at radius 2 is 0.595 bits per heavy atom. The molecule has 0 aromatic rings. The Kier molecular flexibility index (Phi) is 70.9. The molecule has 0 aromatic heterocycles. The molecule has 6 nitrogen and oxygen atoms in total. The Morgan fingerprint density at radius 1 is 0.333 bits per heavy atom. The first-order chi connectivity index (χ1) is 41.5. The maximum Gasteiger partial charge on any atom is 0.305 e. The Bertz CT molecular complexity index is 1450. The molecular weight excluding hydrogens is 1030 g/mol. The monoisotopic (exact) mass is 1180 g/mol. The van der Waals surface area contributed by atoms with Gasteiger partial charge in [-0.15, -0.1) is 0 Å². The number of ether oxygens (including phenoxy) is 1. The molecule has 0 aliphatic rings. The molecule has 0 spiro atoms. The summed E-state index contributed by atoms with van der Waals surface area (Å²) < 4.78 is 5.50. The molecule has 84 heavy (non-hydrogen) atoms. The number of carbonyl (C=O) groups excluding carboxylic acids is 2. The minimum absolute atomic E-state index is 0.0123. The maximum atomic E-state index is 12.4. The fourth-order valence-electron chi connectivity index (χ4n) is 11.5.